The van der Waals surface area contributed by atoms with Crippen molar-refractivity contribution in [1.82, 2.24) is 5.32 Å². The van der Waals surface area contributed by atoms with Gasteiger partial charge in [0, 0.05) is 40.0 Å². The minimum absolute atomic E-state index is 0.0644. The standard InChI is InChI=1S/C37H28N4O7S/c42-35(26-9-5-2-6-10-26)40-31(21-24-11-16-29(17-12-24)41(45)46)36(43)38-27-13-18-30(19-14-27)49-34(25-7-3-1-4-8-25)37(44)39-28-15-20-32-33(22-28)48-23-47-32/h1-22,34H,23H2,(H,38,43)(H,39,44)(H,40,42)/b31-21-. The smallest absolute Gasteiger partial charge is 0.272 e. The van der Waals surface area contributed by atoms with Gasteiger partial charge in [-0.2, -0.15) is 0 Å². The number of nitro groups is 1. The van der Waals surface area contributed by atoms with Crippen LogP contribution in [-0.4, -0.2) is 29.4 Å². The van der Waals surface area contributed by atoms with Gasteiger partial charge in [-0.25, -0.2) is 0 Å². The van der Waals surface area contributed by atoms with E-state index < -0.39 is 22.0 Å². The summed E-state index contributed by atoms with van der Waals surface area (Å²) in [5, 5.41) is 18.9. The van der Waals surface area contributed by atoms with Crippen molar-refractivity contribution in [3.63, 3.8) is 0 Å². The van der Waals surface area contributed by atoms with Gasteiger partial charge in [-0.15, -0.1) is 11.8 Å². The average molecular weight is 673 g/mol. The number of benzene rings is 5. The number of carbonyl (C=O) groups is 3. The minimum atomic E-state index is -0.603. The molecule has 0 aliphatic carbocycles. The highest BCUT2D eigenvalue weighted by molar-refractivity contribution is 8.00. The predicted molar refractivity (Wildman–Crippen MR) is 186 cm³/mol. The van der Waals surface area contributed by atoms with Gasteiger partial charge in [-0.1, -0.05) is 48.5 Å². The Labute approximate surface area is 285 Å². The molecule has 1 atom stereocenters. The van der Waals surface area contributed by atoms with Crippen LogP contribution in [0.1, 0.15) is 26.7 Å². The van der Waals surface area contributed by atoms with Crippen molar-refractivity contribution in [2.75, 3.05) is 17.4 Å². The highest BCUT2D eigenvalue weighted by Crippen LogP contribution is 2.38. The Hall–Kier alpha value is -6.40. The lowest BCUT2D eigenvalue weighted by Crippen LogP contribution is -2.30. The molecule has 12 heteroatoms. The van der Waals surface area contributed by atoms with Gasteiger partial charge >= 0.3 is 0 Å². The number of carbonyl (C=O) groups excluding carboxylic acids is 3. The van der Waals surface area contributed by atoms with Crippen LogP contribution in [0.5, 0.6) is 11.5 Å². The van der Waals surface area contributed by atoms with Crippen LogP contribution in [0.4, 0.5) is 17.1 Å². The number of ether oxygens (including phenoxy) is 2. The number of nitro benzene ring substituents is 1. The molecule has 0 saturated heterocycles. The normalized spacial score (nSPS) is 12.4. The number of hydrogen-bond donors (Lipinski definition) is 3. The fourth-order valence-corrected chi connectivity index (χ4v) is 5.86. The van der Waals surface area contributed by atoms with E-state index in [-0.39, 0.29) is 24.1 Å². The second-order valence-electron chi connectivity index (χ2n) is 10.7. The zero-order chi connectivity index (χ0) is 34.2. The first-order valence-electron chi connectivity index (χ1n) is 15.0. The number of nitrogens with one attached hydrogen (secondary N) is 3. The van der Waals surface area contributed by atoms with E-state index in [1.165, 1.54) is 42.1 Å². The predicted octanol–water partition coefficient (Wildman–Crippen LogP) is 7.21. The number of hydrogen-bond acceptors (Lipinski definition) is 8. The van der Waals surface area contributed by atoms with Crippen LogP contribution in [-0.2, 0) is 9.59 Å². The van der Waals surface area contributed by atoms with E-state index in [0.717, 1.165) is 10.5 Å². The Kier molecular flexibility index (Phi) is 9.96. The van der Waals surface area contributed by atoms with Gasteiger partial charge in [0.15, 0.2) is 11.5 Å². The number of rotatable bonds is 11. The average Bonchev–Trinajstić information content (AvgIpc) is 3.60. The SMILES string of the molecule is O=C(Nc1ccc(SC(C(=O)Nc2ccc3c(c2)OCO3)c2ccccc2)cc1)/C(=C/c1ccc([N+](=O)[O-])cc1)NC(=O)c1ccccc1. The van der Waals surface area contributed by atoms with Gasteiger partial charge < -0.3 is 25.4 Å². The lowest BCUT2D eigenvalue weighted by molar-refractivity contribution is -0.384. The fraction of sp³-hybridized carbons (Fsp3) is 0.0541. The Bertz CT molecular complexity index is 2020. The molecule has 11 nitrogen and oxygen atoms in total. The highest BCUT2D eigenvalue weighted by atomic mass is 32.2. The summed E-state index contributed by atoms with van der Waals surface area (Å²) in [7, 11) is 0. The Morgan fingerprint density at radius 3 is 2.10 bits per heavy atom. The lowest BCUT2D eigenvalue weighted by atomic mass is 10.1. The van der Waals surface area contributed by atoms with Crippen molar-refractivity contribution in [2.45, 2.75) is 10.1 Å². The molecule has 0 bridgehead atoms. The fourth-order valence-electron chi connectivity index (χ4n) is 4.84. The summed E-state index contributed by atoms with van der Waals surface area (Å²) in [5.41, 5.74) is 2.48. The molecule has 0 fully saturated rings. The van der Waals surface area contributed by atoms with Crippen LogP contribution in [0, 0.1) is 10.1 Å². The molecule has 0 saturated carbocycles. The molecule has 1 heterocycles. The molecule has 49 heavy (non-hydrogen) atoms. The van der Waals surface area contributed by atoms with Crippen molar-refractivity contribution in [3.8, 4) is 11.5 Å². The maximum absolute atomic E-state index is 13.6. The zero-order valence-electron chi connectivity index (χ0n) is 25.7. The summed E-state index contributed by atoms with van der Waals surface area (Å²) in [6, 6.07) is 35.6. The summed E-state index contributed by atoms with van der Waals surface area (Å²) < 4.78 is 10.8. The molecule has 0 aromatic heterocycles. The molecule has 5 aromatic rings. The van der Waals surface area contributed by atoms with Gasteiger partial charge in [0.2, 0.25) is 12.7 Å². The van der Waals surface area contributed by atoms with Gasteiger partial charge in [-0.05, 0) is 77.9 Å². The van der Waals surface area contributed by atoms with Crippen molar-refractivity contribution >= 4 is 52.6 Å². The summed E-state index contributed by atoms with van der Waals surface area (Å²) in [4.78, 5) is 51.3. The molecule has 0 spiro atoms. The number of thioether (sulfide) groups is 1. The second kappa shape index (κ2) is 15.0. The molecule has 3 N–H and O–H groups in total. The van der Waals surface area contributed by atoms with Crippen molar-refractivity contribution in [2.24, 2.45) is 0 Å². The van der Waals surface area contributed by atoms with Gasteiger partial charge in [0.1, 0.15) is 10.9 Å². The third kappa shape index (κ3) is 8.31. The molecule has 1 unspecified atom stereocenters. The molecular weight excluding hydrogens is 644 g/mol. The van der Waals surface area contributed by atoms with E-state index in [0.29, 0.717) is 34.0 Å². The number of nitrogens with zero attached hydrogens (tertiary/aromatic N) is 1. The minimum Gasteiger partial charge on any atom is -0.454 e. The topological polar surface area (TPSA) is 149 Å². The van der Waals surface area contributed by atoms with E-state index in [1.807, 2.05) is 30.3 Å². The molecule has 5 aromatic carbocycles. The first-order chi connectivity index (χ1) is 23.8. The number of anilines is 2. The molecule has 0 radical (unpaired) electrons. The monoisotopic (exact) mass is 672 g/mol. The Morgan fingerprint density at radius 1 is 0.755 bits per heavy atom. The molecule has 6 rings (SSSR count). The lowest BCUT2D eigenvalue weighted by Gasteiger charge is -2.18. The maximum Gasteiger partial charge on any atom is 0.272 e. The van der Waals surface area contributed by atoms with Crippen molar-refractivity contribution in [3.05, 3.63) is 160 Å². The highest BCUT2D eigenvalue weighted by Gasteiger charge is 2.24. The first-order valence-corrected chi connectivity index (χ1v) is 15.9. The Balaban J connectivity index is 1.18. The molecule has 1 aliphatic heterocycles. The van der Waals surface area contributed by atoms with E-state index >= 15 is 0 Å². The quantitative estimate of drug-likeness (QED) is 0.0577. The number of amides is 3. The van der Waals surface area contributed by atoms with E-state index in [9.17, 15) is 24.5 Å². The number of non-ortho nitro benzene ring substituents is 1. The maximum atomic E-state index is 13.6. The van der Waals surface area contributed by atoms with Crippen LogP contribution < -0.4 is 25.4 Å². The molecule has 1 aliphatic rings. The molecular formula is C37H28N4O7S. The second-order valence-corrected chi connectivity index (χ2v) is 11.8. The van der Waals surface area contributed by atoms with Crippen LogP contribution in [0.15, 0.2) is 138 Å². The largest absolute Gasteiger partial charge is 0.454 e. The summed E-state index contributed by atoms with van der Waals surface area (Å²) in [6.07, 6.45) is 1.44. The first kappa shape index (κ1) is 32.5. The van der Waals surface area contributed by atoms with Crippen molar-refractivity contribution in [1.29, 1.82) is 0 Å². The number of fused-ring (bicyclic) bond motifs is 1. The summed E-state index contributed by atoms with van der Waals surface area (Å²) >= 11 is 1.34. The van der Waals surface area contributed by atoms with Gasteiger partial charge in [0.05, 0.1) is 4.92 Å². The van der Waals surface area contributed by atoms with Crippen LogP contribution >= 0.6 is 11.8 Å². The van der Waals surface area contributed by atoms with Crippen LogP contribution in [0.25, 0.3) is 6.08 Å². The van der Waals surface area contributed by atoms with Gasteiger partial charge in [0.25, 0.3) is 17.5 Å². The third-order valence-electron chi connectivity index (χ3n) is 7.29. The van der Waals surface area contributed by atoms with Crippen LogP contribution in [0.2, 0.25) is 0 Å². The van der Waals surface area contributed by atoms with Gasteiger partial charge in [-0.3, -0.25) is 24.5 Å². The van der Waals surface area contributed by atoms with Crippen molar-refractivity contribution < 1.29 is 28.8 Å². The molecule has 244 valence electrons. The zero-order valence-corrected chi connectivity index (χ0v) is 26.5. The summed E-state index contributed by atoms with van der Waals surface area (Å²) in [6.45, 7) is 0.130. The third-order valence-corrected chi connectivity index (χ3v) is 8.56. The summed E-state index contributed by atoms with van der Waals surface area (Å²) in [5.74, 6) is -0.158. The van der Waals surface area contributed by atoms with Crippen LogP contribution in [0.3, 0.4) is 0 Å². The molecule has 3 amide bonds. The van der Waals surface area contributed by atoms with E-state index in [4.69, 9.17) is 9.47 Å². The Morgan fingerprint density at radius 2 is 1.41 bits per heavy atom. The van der Waals surface area contributed by atoms with E-state index in [2.05, 4.69) is 16.0 Å². The van der Waals surface area contributed by atoms with E-state index in [1.54, 1.807) is 72.8 Å².